The Labute approximate surface area is 143 Å². The quantitative estimate of drug-likeness (QED) is 0.456. The van der Waals surface area contributed by atoms with Gasteiger partial charge in [-0.25, -0.2) is 0 Å². The highest BCUT2D eigenvalue weighted by atomic mass is 79.9. The van der Waals surface area contributed by atoms with Gasteiger partial charge in [0, 0.05) is 14.0 Å². The van der Waals surface area contributed by atoms with Crippen LogP contribution < -0.4 is 0 Å². The van der Waals surface area contributed by atoms with Gasteiger partial charge < -0.3 is 4.98 Å². The minimum atomic E-state index is 0.638. The third-order valence-electron chi connectivity index (χ3n) is 3.11. The fourth-order valence-electron chi connectivity index (χ4n) is 2.12. The number of fused-ring (bicyclic) bond motifs is 1. The molecule has 6 heteroatoms. The first kappa shape index (κ1) is 14.3. The number of H-pyrrole nitrogens is 1. The summed E-state index contributed by atoms with van der Waals surface area (Å²) in [5.74, 6) is 0. The van der Waals surface area contributed by atoms with Gasteiger partial charge in [0.2, 0.25) is 0 Å². The number of nitrogens with one attached hydrogen (secondary N) is 1. The molecule has 0 aliphatic heterocycles. The zero-order valence-electron chi connectivity index (χ0n) is 10.4. The first-order valence-corrected chi connectivity index (χ1v) is 8.21. The lowest BCUT2D eigenvalue weighted by Crippen LogP contribution is -1.96. The molecule has 0 aliphatic carbocycles. The van der Waals surface area contributed by atoms with Crippen molar-refractivity contribution in [3.63, 3.8) is 0 Å². The highest BCUT2D eigenvalue weighted by Gasteiger charge is 2.12. The summed E-state index contributed by atoms with van der Waals surface area (Å²) in [5.41, 5.74) is 3.94. The molecule has 0 saturated heterocycles. The van der Waals surface area contributed by atoms with E-state index in [9.17, 15) is 0 Å². The number of imidazole rings is 1. The van der Waals surface area contributed by atoms with Crippen LogP contribution in [0.2, 0.25) is 5.02 Å². The van der Waals surface area contributed by atoms with Crippen LogP contribution in [0.5, 0.6) is 0 Å². The van der Waals surface area contributed by atoms with Crippen LogP contribution in [0.25, 0.3) is 16.7 Å². The number of aryl methyl sites for hydroxylation is 1. The number of rotatable bonds is 1. The van der Waals surface area contributed by atoms with Crippen molar-refractivity contribution >= 4 is 66.7 Å². The van der Waals surface area contributed by atoms with E-state index in [1.54, 1.807) is 0 Å². The Balaban J connectivity index is 2.40. The van der Waals surface area contributed by atoms with E-state index in [4.69, 9.17) is 23.8 Å². The Hall–Kier alpha value is -0.620. The Kier molecular flexibility index (Phi) is 3.79. The summed E-state index contributed by atoms with van der Waals surface area (Å²) in [7, 11) is 0. The largest absolute Gasteiger partial charge is 0.330 e. The predicted molar refractivity (Wildman–Crippen MR) is 93.6 cm³/mol. The van der Waals surface area contributed by atoms with E-state index < -0.39 is 0 Å². The van der Waals surface area contributed by atoms with Crippen molar-refractivity contribution in [1.29, 1.82) is 0 Å². The molecule has 102 valence electrons. The highest BCUT2D eigenvalue weighted by molar-refractivity contribution is 9.10. The van der Waals surface area contributed by atoms with Gasteiger partial charge in [0.15, 0.2) is 4.77 Å². The van der Waals surface area contributed by atoms with Gasteiger partial charge in [-0.05, 0) is 71.0 Å². The minimum absolute atomic E-state index is 0.638. The van der Waals surface area contributed by atoms with Crippen LogP contribution in [0.3, 0.4) is 0 Å². The molecule has 0 atom stereocenters. The Bertz CT molecular complexity index is 883. The summed E-state index contributed by atoms with van der Waals surface area (Å²) in [4.78, 5) is 3.21. The fourth-order valence-corrected chi connectivity index (χ4v) is 3.57. The van der Waals surface area contributed by atoms with E-state index in [1.165, 1.54) is 0 Å². The molecule has 20 heavy (non-hydrogen) atoms. The van der Waals surface area contributed by atoms with Gasteiger partial charge in [0.25, 0.3) is 0 Å². The third kappa shape index (κ3) is 2.37. The van der Waals surface area contributed by atoms with Gasteiger partial charge in [-0.2, -0.15) is 0 Å². The molecule has 0 bridgehead atoms. The molecule has 2 aromatic carbocycles. The molecule has 0 saturated carbocycles. The molecule has 3 rings (SSSR count). The van der Waals surface area contributed by atoms with Crippen LogP contribution >= 0.6 is 55.7 Å². The zero-order chi connectivity index (χ0) is 14.4. The van der Waals surface area contributed by atoms with Crippen molar-refractivity contribution in [1.82, 2.24) is 9.55 Å². The van der Waals surface area contributed by atoms with E-state index in [0.29, 0.717) is 4.77 Å². The smallest absolute Gasteiger partial charge is 0.182 e. The molecule has 0 fully saturated rings. The summed E-state index contributed by atoms with van der Waals surface area (Å²) in [6.07, 6.45) is 0. The number of aromatic amines is 1. The molecular weight excluding hydrogens is 423 g/mol. The fraction of sp³-hybridized carbons (Fsp3) is 0.0714. The number of nitrogens with zero attached hydrogens (tertiary/aromatic N) is 1. The number of hydrogen-bond donors (Lipinski definition) is 1. The maximum absolute atomic E-state index is 6.25. The number of hydrogen-bond acceptors (Lipinski definition) is 1. The van der Waals surface area contributed by atoms with Crippen LogP contribution in [-0.2, 0) is 0 Å². The average Bonchev–Trinajstić information content (AvgIpc) is 2.69. The lowest BCUT2D eigenvalue weighted by molar-refractivity contribution is 1.05. The molecule has 1 heterocycles. The predicted octanol–water partition coefficient (Wildman–Crippen LogP) is 6.17. The molecular formula is C14H9Br2ClN2S. The third-order valence-corrected chi connectivity index (χ3v) is 4.93. The topological polar surface area (TPSA) is 20.7 Å². The maximum Gasteiger partial charge on any atom is 0.182 e. The van der Waals surface area contributed by atoms with E-state index in [0.717, 1.165) is 36.3 Å². The van der Waals surface area contributed by atoms with Gasteiger partial charge in [-0.1, -0.05) is 27.5 Å². The Morgan fingerprint density at radius 2 is 1.95 bits per heavy atom. The second kappa shape index (κ2) is 5.30. The molecule has 0 unspecified atom stereocenters. The van der Waals surface area contributed by atoms with Crippen LogP contribution in [-0.4, -0.2) is 9.55 Å². The molecule has 3 aromatic rings. The SMILES string of the molecule is Cc1cc(Br)c(-n2c(=S)[nH]c3ccc(Br)cc32)cc1Cl. The molecule has 1 aromatic heterocycles. The Morgan fingerprint density at radius 1 is 1.20 bits per heavy atom. The van der Waals surface area contributed by atoms with Crippen molar-refractivity contribution in [2.45, 2.75) is 6.92 Å². The lowest BCUT2D eigenvalue weighted by atomic mass is 10.2. The van der Waals surface area contributed by atoms with Crippen molar-refractivity contribution in [3.8, 4) is 5.69 Å². The summed E-state index contributed by atoms with van der Waals surface area (Å²) in [6.45, 7) is 1.97. The van der Waals surface area contributed by atoms with Gasteiger partial charge >= 0.3 is 0 Å². The average molecular weight is 433 g/mol. The normalized spacial score (nSPS) is 11.2. The van der Waals surface area contributed by atoms with Crippen molar-refractivity contribution < 1.29 is 0 Å². The van der Waals surface area contributed by atoms with Gasteiger partial charge in [-0.3, -0.25) is 4.57 Å². The van der Waals surface area contributed by atoms with Crippen LogP contribution in [0.1, 0.15) is 5.56 Å². The summed E-state index contributed by atoms with van der Waals surface area (Å²) >= 11 is 18.8. The maximum atomic E-state index is 6.25. The minimum Gasteiger partial charge on any atom is -0.330 e. The molecule has 0 radical (unpaired) electrons. The zero-order valence-corrected chi connectivity index (χ0v) is 15.1. The van der Waals surface area contributed by atoms with Crippen molar-refractivity contribution in [2.75, 3.05) is 0 Å². The first-order chi connectivity index (χ1) is 9.47. The van der Waals surface area contributed by atoms with E-state index in [-0.39, 0.29) is 0 Å². The van der Waals surface area contributed by atoms with Crippen molar-refractivity contribution in [3.05, 3.63) is 54.6 Å². The van der Waals surface area contributed by atoms with E-state index in [1.807, 2.05) is 41.8 Å². The van der Waals surface area contributed by atoms with E-state index in [2.05, 4.69) is 36.8 Å². The number of benzene rings is 2. The van der Waals surface area contributed by atoms with Gasteiger partial charge in [0.1, 0.15) is 0 Å². The lowest BCUT2D eigenvalue weighted by Gasteiger charge is -2.10. The molecule has 2 nitrogen and oxygen atoms in total. The number of halogens is 3. The molecule has 1 N–H and O–H groups in total. The van der Waals surface area contributed by atoms with Gasteiger partial charge in [0.05, 0.1) is 16.7 Å². The summed E-state index contributed by atoms with van der Waals surface area (Å²) in [6, 6.07) is 9.92. The second-order valence-corrected chi connectivity index (χ2v) is 7.04. The Morgan fingerprint density at radius 3 is 2.70 bits per heavy atom. The highest BCUT2D eigenvalue weighted by Crippen LogP contribution is 2.31. The van der Waals surface area contributed by atoms with Crippen LogP contribution in [0, 0.1) is 11.7 Å². The summed E-state index contributed by atoms with van der Waals surface area (Å²) < 4.78 is 4.57. The second-order valence-electron chi connectivity index (χ2n) is 4.48. The molecule has 0 aliphatic rings. The standard InChI is InChI=1S/C14H9Br2ClN2S/c1-7-4-9(16)12(6-10(7)17)19-13-5-8(15)2-3-11(13)18-14(19)20/h2-6H,1H3,(H,18,20). The van der Waals surface area contributed by atoms with Crippen LogP contribution in [0.15, 0.2) is 39.3 Å². The van der Waals surface area contributed by atoms with Gasteiger partial charge in [-0.15, -0.1) is 0 Å². The van der Waals surface area contributed by atoms with Crippen molar-refractivity contribution in [2.24, 2.45) is 0 Å². The summed E-state index contributed by atoms with van der Waals surface area (Å²) in [5, 5.41) is 0.717. The first-order valence-electron chi connectivity index (χ1n) is 5.83. The van der Waals surface area contributed by atoms with Crippen LogP contribution in [0.4, 0.5) is 0 Å². The molecule has 0 amide bonds. The number of aromatic nitrogens is 2. The van der Waals surface area contributed by atoms with E-state index >= 15 is 0 Å². The molecule has 0 spiro atoms. The monoisotopic (exact) mass is 430 g/mol.